The fourth-order valence-corrected chi connectivity index (χ4v) is 4.74. The molecule has 0 unspecified atom stereocenters. The van der Waals surface area contributed by atoms with Gasteiger partial charge in [-0.2, -0.15) is 0 Å². The molecule has 0 bridgehead atoms. The van der Waals surface area contributed by atoms with Gasteiger partial charge in [-0.05, 0) is 38.5 Å². The lowest BCUT2D eigenvalue weighted by Gasteiger charge is -2.10. The third-order valence-corrected chi connectivity index (χ3v) is 6.75. The van der Waals surface area contributed by atoms with Gasteiger partial charge in [0, 0.05) is 25.0 Å². The molecule has 2 heterocycles. The highest BCUT2D eigenvalue weighted by atomic mass is 32.2. The summed E-state index contributed by atoms with van der Waals surface area (Å²) in [4.78, 5) is 30.9. The van der Waals surface area contributed by atoms with Crippen LogP contribution in [0.1, 0.15) is 33.0 Å². The minimum absolute atomic E-state index is 0.152. The van der Waals surface area contributed by atoms with Crippen LogP contribution in [0.4, 0.5) is 0 Å². The molecular formula is C25H26N4O2S. The van der Waals surface area contributed by atoms with E-state index < -0.39 is 0 Å². The van der Waals surface area contributed by atoms with Gasteiger partial charge in [-0.1, -0.05) is 60.3 Å². The number of benzene rings is 2. The summed E-state index contributed by atoms with van der Waals surface area (Å²) in [5, 5.41) is 0.786. The average molecular weight is 447 g/mol. The Kier molecular flexibility index (Phi) is 6.19. The highest BCUT2D eigenvalue weighted by molar-refractivity contribution is 7.99. The van der Waals surface area contributed by atoms with Gasteiger partial charge in [0.1, 0.15) is 5.56 Å². The molecule has 0 saturated carbocycles. The molecule has 164 valence electrons. The molecule has 0 N–H and O–H groups in total. The Morgan fingerprint density at radius 1 is 0.938 bits per heavy atom. The molecule has 2 aromatic carbocycles. The van der Waals surface area contributed by atoms with Gasteiger partial charge in [0.25, 0.3) is 5.56 Å². The molecule has 0 aliphatic carbocycles. The van der Waals surface area contributed by atoms with E-state index in [0.29, 0.717) is 12.2 Å². The lowest BCUT2D eigenvalue weighted by atomic mass is 10.2. The number of hydrogen-bond acceptors (Lipinski definition) is 4. The Labute approximate surface area is 191 Å². The van der Waals surface area contributed by atoms with Crippen molar-refractivity contribution in [2.75, 3.05) is 5.75 Å². The standard InChI is InChI=1S/C25H26N4O2S/c1-17-18(2)28(15-20-11-7-5-8-12-20)25(26-17)32-16-22(30)23-19(3)27(4)29(24(23)31)21-13-9-6-10-14-21/h5-14H,15-16H2,1-4H3. The van der Waals surface area contributed by atoms with Crippen LogP contribution in [0.2, 0.25) is 0 Å². The summed E-state index contributed by atoms with van der Waals surface area (Å²) in [5.41, 5.74) is 4.53. The smallest absolute Gasteiger partial charge is 0.282 e. The van der Waals surface area contributed by atoms with Gasteiger partial charge in [0.2, 0.25) is 0 Å². The predicted molar refractivity (Wildman–Crippen MR) is 128 cm³/mol. The molecule has 6 nitrogen and oxygen atoms in total. The largest absolute Gasteiger partial charge is 0.319 e. The molecule has 7 heteroatoms. The number of para-hydroxylation sites is 1. The third-order valence-electron chi connectivity index (χ3n) is 5.77. The molecule has 32 heavy (non-hydrogen) atoms. The summed E-state index contributed by atoms with van der Waals surface area (Å²) >= 11 is 1.38. The number of nitrogens with zero attached hydrogens (tertiary/aromatic N) is 4. The zero-order valence-electron chi connectivity index (χ0n) is 18.7. The predicted octanol–water partition coefficient (Wildman–Crippen LogP) is 4.32. The normalized spacial score (nSPS) is 11.1. The number of hydrogen-bond donors (Lipinski definition) is 0. The Morgan fingerprint density at radius 2 is 1.56 bits per heavy atom. The maximum atomic E-state index is 13.1. The number of rotatable bonds is 7. The van der Waals surface area contributed by atoms with Gasteiger partial charge < -0.3 is 4.57 Å². The summed E-state index contributed by atoms with van der Waals surface area (Å²) in [5.74, 6) is -0.0353. The second kappa shape index (κ2) is 9.04. The average Bonchev–Trinajstić information content (AvgIpc) is 3.19. The van der Waals surface area contributed by atoms with Crippen molar-refractivity contribution in [2.24, 2.45) is 7.05 Å². The monoisotopic (exact) mass is 446 g/mol. The van der Waals surface area contributed by atoms with Crippen molar-refractivity contribution in [2.45, 2.75) is 32.5 Å². The Bertz CT molecular complexity index is 1320. The van der Waals surface area contributed by atoms with Gasteiger partial charge in [-0.3, -0.25) is 14.3 Å². The molecule has 4 aromatic rings. The summed E-state index contributed by atoms with van der Waals surface area (Å²) in [6.07, 6.45) is 0. The minimum Gasteiger partial charge on any atom is -0.319 e. The van der Waals surface area contributed by atoms with Crippen LogP contribution in [-0.2, 0) is 13.6 Å². The molecule has 0 aliphatic heterocycles. The van der Waals surface area contributed by atoms with Crippen LogP contribution in [-0.4, -0.2) is 30.5 Å². The fraction of sp³-hybridized carbons (Fsp3) is 0.240. The van der Waals surface area contributed by atoms with Gasteiger partial charge in [0.05, 0.1) is 17.1 Å². The van der Waals surface area contributed by atoms with Crippen molar-refractivity contribution >= 4 is 17.5 Å². The lowest BCUT2D eigenvalue weighted by molar-refractivity contribution is 0.102. The number of ketones is 1. The molecule has 0 aliphatic rings. The van der Waals surface area contributed by atoms with Crippen molar-refractivity contribution in [3.05, 3.63) is 99.2 Å². The van der Waals surface area contributed by atoms with Crippen LogP contribution in [0.5, 0.6) is 0 Å². The van der Waals surface area contributed by atoms with E-state index in [1.165, 1.54) is 22.0 Å². The van der Waals surface area contributed by atoms with Crippen molar-refractivity contribution in [1.82, 2.24) is 18.9 Å². The quantitative estimate of drug-likeness (QED) is 0.313. The molecule has 0 atom stereocenters. The SMILES string of the molecule is Cc1nc(SCC(=O)c2c(C)n(C)n(-c3ccccc3)c2=O)n(Cc2ccccc2)c1C. The number of imidazole rings is 1. The van der Waals surface area contributed by atoms with E-state index in [4.69, 9.17) is 0 Å². The van der Waals surface area contributed by atoms with Gasteiger partial charge in [-0.15, -0.1) is 0 Å². The van der Waals surface area contributed by atoms with Crippen molar-refractivity contribution in [3.63, 3.8) is 0 Å². The van der Waals surface area contributed by atoms with E-state index in [1.807, 2.05) is 69.3 Å². The first-order valence-corrected chi connectivity index (χ1v) is 11.4. The second-order valence-electron chi connectivity index (χ2n) is 7.79. The Morgan fingerprint density at radius 3 is 2.22 bits per heavy atom. The summed E-state index contributed by atoms with van der Waals surface area (Å²) in [7, 11) is 1.80. The first kappa shape index (κ1) is 21.9. The third kappa shape index (κ3) is 4.08. The maximum absolute atomic E-state index is 13.1. The van der Waals surface area contributed by atoms with Crippen LogP contribution >= 0.6 is 11.8 Å². The number of aryl methyl sites for hydroxylation is 1. The zero-order valence-corrected chi connectivity index (χ0v) is 19.5. The van der Waals surface area contributed by atoms with Crippen LogP contribution in [0.3, 0.4) is 0 Å². The highest BCUT2D eigenvalue weighted by Crippen LogP contribution is 2.24. The van der Waals surface area contributed by atoms with Crippen LogP contribution in [0.25, 0.3) is 5.69 Å². The van der Waals surface area contributed by atoms with E-state index in [1.54, 1.807) is 11.7 Å². The number of carbonyl (C=O) groups is 1. The van der Waals surface area contributed by atoms with Crippen molar-refractivity contribution in [1.29, 1.82) is 0 Å². The Balaban J connectivity index is 1.59. The first-order chi connectivity index (χ1) is 15.4. The highest BCUT2D eigenvalue weighted by Gasteiger charge is 2.23. The van der Waals surface area contributed by atoms with E-state index in [2.05, 4.69) is 21.7 Å². The molecule has 0 fully saturated rings. The number of Topliss-reactive ketones (excluding diaryl/α,β-unsaturated/α-hetero) is 1. The number of aromatic nitrogens is 4. The topological polar surface area (TPSA) is 61.8 Å². The minimum atomic E-state index is -0.290. The summed E-state index contributed by atoms with van der Waals surface area (Å²) in [6, 6.07) is 19.5. The van der Waals surface area contributed by atoms with Crippen LogP contribution < -0.4 is 5.56 Å². The molecule has 0 spiro atoms. The van der Waals surface area contributed by atoms with Gasteiger partial charge in [0.15, 0.2) is 10.9 Å². The number of thioether (sulfide) groups is 1. The first-order valence-electron chi connectivity index (χ1n) is 10.5. The molecule has 0 radical (unpaired) electrons. The van der Waals surface area contributed by atoms with Crippen molar-refractivity contribution in [3.8, 4) is 5.69 Å². The molecule has 4 rings (SSSR count). The van der Waals surface area contributed by atoms with Crippen LogP contribution in [0, 0.1) is 20.8 Å². The Hall–Kier alpha value is -3.32. The van der Waals surface area contributed by atoms with E-state index in [9.17, 15) is 9.59 Å². The van der Waals surface area contributed by atoms with Crippen molar-refractivity contribution < 1.29 is 4.79 Å². The van der Waals surface area contributed by atoms with E-state index in [-0.39, 0.29) is 22.7 Å². The zero-order chi connectivity index (χ0) is 22.8. The fourth-order valence-electron chi connectivity index (χ4n) is 3.78. The van der Waals surface area contributed by atoms with Crippen LogP contribution in [0.15, 0.2) is 70.6 Å². The van der Waals surface area contributed by atoms with Gasteiger partial charge >= 0.3 is 0 Å². The summed E-state index contributed by atoms with van der Waals surface area (Å²) < 4.78 is 5.40. The molecular weight excluding hydrogens is 420 g/mol. The molecule has 0 amide bonds. The molecule has 2 aromatic heterocycles. The number of carbonyl (C=O) groups excluding carboxylic acids is 1. The molecule has 0 saturated heterocycles. The van der Waals surface area contributed by atoms with E-state index >= 15 is 0 Å². The maximum Gasteiger partial charge on any atom is 0.282 e. The second-order valence-corrected chi connectivity index (χ2v) is 8.73. The van der Waals surface area contributed by atoms with E-state index in [0.717, 1.165) is 22.2 Å². The lowest BCUT2D eigenvalue weighted by Crippen LogP contribution is -2.23. The van der Waals surface area contributed by atoms with Gasteiger partial charge in [-0.25, -0.2) is 9.67 Å². The summed E-state index contributed by atoms with van der Waals surface area (Å²) in [6.45, 7) is 6.51.